The minimum atomic E-state index is -0.188. The molecule has 24 heavy (non-hydrogen) atoms. The van der Waals surface area contributed by atoms with Crippen molar-refractivity contribution in [3.8, 4) is 11.5 Å². The van der Waals surface area contributed by atoms with Gasteiger partial charge >= 0.3 is 0 Å². The minimum absolute atomic E-state index is 0.118. The Morgan fingerprint density at radius 2 is 1.92 bits per heavy atom. The largest absolute Gasteiger partial charge is 0.486 e. The second-order valence-corrected chi connectivity index (χ2v) is 7.09. The van der Waals surface area contributed by atoms with Crippen molar-refractivity contribution >= 4 is 28.4 Å². The average molecular weight is 339 g/mol. The molecule has 122 valence electrons. The van der Waals surface area contributed by atoms with Crippen molar-refractivity contribution in [1.29, 1.82) is 0 Å². The highest BCUT2D eigenvalue weighted by atomic mass is 32.2. The zero-order chi connectivity index (χ0) is 16.5. The maximum atomic E-state index is 12.8. The molecular formula is C19H17NO3S. The Kier molecular flexibility index (Phi) is 3.94. The van der Waals surface area contributed by atoms with Gasteiger partial charge in [0.15, 0.2) is 17.3 Å². The van der Waals surface area contributed by atoms with Gasteiger partial charge in [0, 0.05) is 27.6 Å². The van der Waals surface area contributed by atoms with Crippen LogP contribution in [0, 0.1) is 0 Å². The summed E-state index contributed by atoms with van der Waals surface area (Å²) in [4.78, 5) is 17.0. The summed E-state index contributed by atoms with van der Waals surface area (Å²) in [6.45, 7) is 3.07. The number of aromatic nitrogens is 1. The maximum Gasteiger partial charge on any atom is 0.178 e. The van der Waals surface area contributed by atoms with Gasteiger partial charge < -0.3 is 14.5 Å². The Bertz CT molecular complexity index is 903. The van der Waals surface area contributed by atoms with E-state index in [1.54, 1.807) is 6.20 Å². The van der Waals surface area contributed by atoms with Gasteiger partial charge in [-0.1, -0.05) is 18.2 Å². The minimum Gasteiger partial charge on any atom is -0.486 e. The van der Waals surface area contributed by atoms with E-state index in [1.165, 1.54) is 11.8 Å². The van der Waals surface area contributed by atoms with E-state index in [0.29, 0.717) is 13.2 Å². The summed E-state index contributed by atoms with van der Waals surface area (Å²) in [5.74, 6) is 1.63. The van der Waals surface area contributed by atoms with Crippen LogP contribution in [0.3, 0.4) is 0 Å². The molecule has 5 heteroatoms. The summed E-state index contributed by atoms with van der Waals surface area (Å²) < 4.78 is 11.1. The molecule has 0 unspecified atom stereocenters. The third-order valence-corrected chi connectivity index (χ3v) is 5.14. The Labute approximate surface area is 144 Å². The lowest BCUT2D eigenvalue weighted by atomic mass is 10.1. The van der Waals surface area contributed by atoms with Gasteiger partial charge in [-0.2, -0.15) is 0 Å². The number of fused-ring (bicyclic) bond motifs is 2. The molecule has 1 aromatic heterocycles. The predicted octanol–water partition coefficient (Wildman–Crippen LogP) is 4.30. The van der Waals surface area contributed by atoms with E-state index in [-0.39, 0.29) is 11.0 Å². The fraction of sp³-hybridized carbons (Fsp3) is 0.211. The number of nitrogens with one attached hydrogen (secondary N) is 1. The third-order valence-electron chi connectivity index (χ3n) is 4.05. The van der Waals surface area contributed by atoms with Gasteiger partial charge in [-0.05, 0) is 31.2 Å². The fourth-order valence-electron chi connectivity index (χ4n) is 2.85. The highest BCUT2D eigenvalue weighted by molar-refractivity contribution is 8.00. The lowest BCUT2D eigenvalue weighted by Gasteiger charge is -2.19. The number of carbonyl (C=O) groups is 1. The molecule has 2 heterocycles. The van der Waals surface area contributed by atoms with E-state index < -0.39 is 0 Å². The van der Waals surface area contributed by atoms with E-state index in [4.69, 9.17) is 9.47 Å². The van der Waals surface area contributed by atoms with Crippen LogP contribution in [-0.2, 0) is 0 Å². The Hall–Kier alpha value is -2.40. The molecule has 1 aliphatic rings. The van der Waals surface area contributed by atoms with Crippen LogP contribution in [-0.4, -0.2) is 29.2 Å². The summed E-state index contributed by atoms with van der Waals surface area (Å²) in [6.07, 6.45) is 1.80. The van der Waals surface area contributed by atoms with Gasteiger partial charge in [-0.25, -0.2) is 0 Å². The number of rotatable bonds is 4. The molecule has 3 aromatic rings. The van der Waals surface area contributed by atoms with Crippen molar-refractivity contribution in [2.45, 2.75) is 17.1 Å². The third kappa shape index (κ3) is 2.76. The molecule has 1 N–H and O–H groups in total. The smallest absolute Gasteiger partial charge is 0.178 e. The van der Waals surface area contributed by atoms with Crippen LogP contribution in [0.2, 0.25) is 0 Å². The molecule has 0 saturated carbocycles. The van der Waals surface area contributed by atoms with E-state index in [1.807, 2.05) is 49.4 Å². The average Bonchev–Trinajstić information content (AvgIpc) is 3.05. The molecule has 0 amide bonds. The Morgan fingerprint density at radius 1 is 1.12 bits per heavy atom. The number of Topliss-reactive ketones (excluding diaryl/α,β-unsaturated/α-hetero) is 1. The molecule has 0 saturated heterocycles. The maximum absolute atomic E-state index is 12.8. The molecule has 2 aromatic carbocycles. The van der Waals surface area contributed by atoms with E-state index in [0.717, 1.165) is 32.9 Å². The molecule has 0 radical (unpaired) electrons. The number of H-pyrrole nitrogens is 1. The highest BCUT2D eigenvalue weighted by Gasteiger charge is 2.21. The van der Waals surface area contributed by atoms with Gasteiger partial charge in [0.1, 0.15) is 13.2 Å². The first-order valence-electron chi connectivity index (χ1n) is 7.89. The number of carbonyl (C=O) groups excluding carboxylic acids is 1. The van der Waals surface area contributed by atoms with Crippen molar-refractivity contribution in [1.82, 2.24) is 4.98 Å². The van der Waals surface area contributed by atoms with Crippen molar-refractivity contribution in [2.75, 3.05) is 13.2 Å². The van der Waals surface area contributed by atoms with Crippen LogP contribution in [0.5, 0.6) is 11.5 Å². The van der Waals surface area contributed by atoms with Crippen LogP contribution in [0.4, 0.5) is 0 Å². The van der Waals surface area contributed by atoms with Gasteiger partial charge in [-0.3, -0.25) is 4.79 Å². The normalized spacial score (nSPS) is 14.5. The number of ketones is 1. The number of benzene rings is 2. The second kappa shape index (κ2) is 6.24. The van der Waals surface area contributed by atoms with E-state index >= 15 is 0 Å². The number of aromatic amines is 1. The molecule has 0 aliphatic carbocycles. The van der Waals surface area contributed by atoms with E-state index in [9.17, 15) is 4.79 Å². The summed E-state index contributed by atoms with van der Waals surface area (Å²) in [5.41, 5.74) is 1.72. The van der Waals surface area contributed by atoms with Crippen molar-refractivity contribution < 1.29 is 14.3 Å². The summed E-state index contributed by atoms with van der Waals surface area (Å²) in [6, 6.07) is 13.7. The molecule has 4 nitrogen and oxygen atoms in total. The fourth-order valence-corrected chi connectivity index (χ4v) is 3.81. The van der Waals surface area contributed by atoms with Crippen LogP contribution < -0.4 is 9.47 Å². The van der Waals surface area contributed by atoms with Crippen LogP contribution in [0.25, 0.3) is 10.9 Å². The molecule has 0 fully saturated rings. The standard InChI is InChI=1S/C19H17NO3S/c1-12(19(21)15-11-20-16-5-3-2-4-14(15)16)24-13-6-7-17-18(10-13)23-9-8-22-17/h2-7,10-12,20H,8-9H2,1H3/t12-/m0/s1. The molecule has 1 aliphatic heterocycles. The first-order chi connectivity index (χ1) is 11.7. The number of thioether (sulfide) groups is 1. The summed E-state index contributed by atoms with van der Waals surface area (Å²) >= 11 is 1.53. The van der Waals surface area contributed by atoms with Crippen molar-refractivity contribution in [3.05, 3.63) is 54.2 Å². The van der Waals surface area contributed by atoms with Crippen LogP contribution in [0.15, 0.2) is 53.6 Å². The first kappa shape index (κ1) is 15.1. The van der Waals surface area contributed by atoms with Crippen LogP contribution >= 0.6 is 11.8 Å². The summed E-state index contributed by atoms with van der Waals surface area (Å²) in [5, 5.41) is 0.781. The molecule has 1 atom stereocenters. The molecule has 0 bridgehead atoms. The molecule has 0 spiro atoms. The van der Waals surface area contributed by atoms with Crippen molar-refractivity contribution in [3.63, 3.8) is 0 Å². The first-order valence-corrected chi connectivity index (χ1v) is 8.77. The van der Waals surface area contributed by atoms with Gasteiger partial charge in [-0.15, -0.1) is 11.8 Å². The topological polar surface area (TPSA) is 51.3 Å². The Morgan fingerprint density at radius 3 is 2.79 bits per heavy atom. The Balaban J connectivity index is 1.55. The second-order valence-electron chi connectivity index (χ2n) is 5.68. The molecule has 4 rings (SSSR count). The quantitative estimate of drug-likeness (QED) is 0.569. The van der Waals surface area contributed by atoms with Gasteiger partial charge in [0.05, 0.1) is 5.25 Å². The number of hydrogen-bond donors (Lipinski definition) is 1. The lowest BCUT2D eigenvalue weighted by Crippen LogP contribution is -2.15. The van der Waals surface area contributed by atoms with E-state index in [2.05, 4.69) is 4.98 Å². The van der Waals surface area contributed by atoms with Crippen LogP contribution in [0.1, 0.15) is 17.3 Å². The number of ether oxygens (including phenoxy) is 2. The zero-order valence-electron chi connectivity index (χ0n) is 13.2. The zero-order valence-corrected chi connectivity index (χ0v) is 14.1. The van der Waals surface area contributed by atoms with Crippen molar-refractivity contribution in [2.24, 2.45) is 0 Å². The van der Waals surface area contributed by atoms with Gasteiger partial charge in [0.2, 0.25) is 0 Å². The van der Waals surface area contributed by atoms with Gasteiger partial charge in [0.25, 0.3) is 0 Å². The molecular weight excluding hydrogens is 322 g/mol. The number of para-hydroxylation sites is 1. The monoisotopic (exact) mass is 339 g/mol. The highest BCUT2D eigenvalue weighted by Crippen LogP contribution is 2.36. The lowest BCUT2D eigenvalue weighted by molar-refractivity contribution is 0.0995. The number of hydrogen-bond acceptors (Lipinski definition) is 4. The summed E-state index contributed by atoms with van der Waals surface area (Å²) in [7, 11) is 0. The predicted molar refractivity (Wildman–Crippen MR) is 95.4 cm³/mol. The SMILES string of the molecule is C[C@H](Sc1ccc2c(c1)OCCO2)C(=O)c1c[nH]c2ccccc12.